The van der Waals surface area contributed by atoms with Crippen LogP contribution in [0, 0.1) is 0 Å². The van der Waals surface area contributed by atoms with Gasteiger partial charge in [0, 0.05) is 6.54 Å². The molecule has 6 heteroatoms. The van der Waals surface area contributed by atoms with Crippen molar-refractivity contribution in [2.75, 3.05) is 13.7 Å². The fourth-order valence-electron chi connectivity index (χ4n) is 2.06. The molecule has 0 aliphatic heterocycles. The molecule has 2 N–H and O–H groups in total. The maximum atomic E-state index is 11.2. The SMILES string of the molecule is CCCOc1c(Br)cc(CNC(CCC)C(=O)O)cc1OC. The van der Waals surface area contributed by atoms with Crippen LogP contribution in [0.2, 0.25) is 0 Å². The number of hydrogen-bond acceptors (Lipinski definition) is 4. The third-order valence-electron chi connectivity index (χ3n) is 3.17. The molecule has 0 heterocycles. The lowest BCUT2D eigenvalue weighted by Crippen LogP contribution is -2.36. The summed E-state index contributed by atoms with van der Waals surface area (Å²) in [6, 6.07) is 3.25. The van der Waals surface area contributed by atoms with E-state index >= 15 is 0 Å². The average Bonchev–Trinajstić information content (AvgIpc) is 2.49. The van der Waals surface area contributed by atoms with Crippen molar-refractivity contribution in [2.24, 2.45) is 0 Å². The third kappa shape index (κ3) is 5.50. The zero-order valence-corrected chi connectivity index (χ0v) is 14.9. The number of nitrogens with one attached hydrogen (secondary N) is 1. The smallest absolute Gasteiger partial charge is 0.320 e. The van der Waals surface area contributed by atoms with Gasteiger partial charge in [-0.2, -0.15) is 0 Å². The number of rotatable bonds is 10. The standard InChI is InChI=1S/C16H24BrNO4/c1-4-6-13(16(19)20)18-10-11-8-12(17)15(22-7-5-2)14(9-11)21-3/h8-9,13,18H,4-7,10H2,1-3H3,(H,19,20). The minimum Gasteiger partial charge on any atom is -0.493 e. The van der Waals surface area contributed by atoms with E-state index in [9.17, 15) is 4.79 Å². The molecule has 0 saturated heterocycles. The van der Waals surface area contributed by atoms with Crippen LogP contribution in [0.15, 0.2) is 16.6 Å². The first-order chi connectivity index (χ1) is 10.5. The molecule has 0 fully saturated rings. The van der Waals surface area contributed by atoms with Gasteiger partial charge in [-0.15, -0.1) is 0 Å². The lowest BCUT2D eigenvalue weighted by atomic mass is 10.1. The highest BCUT2D eigenvalue weighted by Gasteiger charge is 2.17. The van der Waals surface area contributed by atoms with Crippen molar-refractivity contribution in [3.63, 3.8) is 0 Å². The molecule has 0 radical (unpaired) electrons. The predicted octanol–water partition coefficient (Wildman–Crippen LogP) is 3.59. The number of carboxylic acid groups (broad SMARTS) is 1. The van der Waals surface area contributed by atoms with Gasteiger partial charge in [0.1, 0.15) is 6.04 Å². The van der Waals surface area contributed by atoms with E-state index in [-0.39, 0.29) is 0 Å². The highest BCUT2D eigenvalue weighted by atomic mass is 79.9. The van der Waals surface area contributed by atoms with E-state index in [4.69, 9.17) is 14.6 Å². The molecule has 1 rings (SSSR count). The van der Waals surface area contributed by atoms with E-state index in [0.29, 0.717) is 31.1 Å². The number of aliphatic carboxylic acids is 1. The second kappa shape index (κ2) is 9.69. The van der Waals surface area contributed by atoms with E-state index in [0.717, 1.165) is 22.9 Å². The number of carboxylic acids is 1. The maximum Gasteiger partial charge on any atom is 0.320 e. The van der Waals surface area contributed by atoms with Crippen LogP contribution in [0.25, 0.3) is 0 Å². The van der Waals surface area contributed by atoms with Crippen LogP contribution in [0.5, 0.6) is 11.5 Å². The van der Waals surface area contributed by atoms with Gasteiger partial charge < -0.3 is 19.9 Å². The molecule has 1 atom stereocenters. The first-order valence-electron chi connectivity index (χ1n) is 7.48. The number of halogens is 1. The molecule has 5 nitrogen and oxygen atoms in total. The molecule has 1 aromatic carbocycles. The second-order valence-electron chi connectivity index (χ2n) is 5.02. The van der Waals surface area contributed by atoms with Gasteiger partial charge in [-0.3, -0.25) is 4.79 Å². The molecule has 0 spiro atoms. The summed E-state index contributed by atoms with van der Waals surface area (Å²) in [5.74, 6) is 0.495. The molecule has 124 valence electrons. The molecule has 0 aliphatic rings. The van der Waals surface area contributed by atoms with Crippen LogP contribution in [-0.4, -0.2) is 30.8 Å². The van der Waals surface area contributed by atoms with Crippen molar-refractivity contribution in [3.8, 4) is 11.5 Å². The molecule has 0 aliphatic carbocycles. The predicted molar refractivity (Wildman–Crippen MR) is 89.7 cm³/mol. The molecule has 1 unspecified atom stereocenters. The minimum absolute atomic E-state index is 0.458. The van der Waals surface area contributed by atoms with Crippen LogP contribution in [0.4, 0.5) is 0 Å². The summed E-state index contributed by atoms with van der Waals surface area (Å²) in [5.41, 5.74) is 0.940. The monoisotopic (exact) mass is 373 g/mol. The molecule has 0 amide bonds. The van der Waals surface area contributed by atoms with Gasteiger partial charge in [0.2, 0.25) is 0 Å². The van der Waals surface area contributed by atoms with E-state index in [2.05, 4.69) is 21.2 Å². The molecule has 1 aromatic rings. The van der Waals surface area contributed by atoms with Crippen molar-refractivity contribution < 1.29 is 19.4 Å². The van der Waals surface area contributed by atoms with Crippen molar-refractivity contribution in [1.82, 2.24) is 5.32 Å². The van der Waals surface area contributed by atoms with E-state index in [1.54, 1.807) is 7.11 Å². The third-order valence-corrected chi connectivity index (χ3v) is 3.76. The van der Waals surface area contributed by atoms with Crippen molar-refractivity contribution in [3.05, 3.63) is 22.2 Å². The number of benzene rings is 1. The first-order valence-corrected chi connectivity index (χ1v) is 8.28. The van der Waals surface area contributed by atoms with Gasteiger partial charge in [-0.1, -0.05) is 20.3 Å². The fourth-order valence-corrected chi connectivity index (χ4v) is 2.67. The summed E-state index contributed by atoms with van der Waals surface area (Å²) >= 11 is 3.49. The number of methoxy groups -OCH3 is 1. The van der Waals surface area contributed by atoms with E-state index in [1.807, 2.05) is 26.0 Å². The summed E-state index contributed by atoms with van der Waals surface area (Å²) in [6.45, 7) is 5.08. The quantitative estimate of drug-likeness (QED) is 0.655. The Hall–Kier alpha value is -1.27. The zero-order valence-electron chi connectivity index (χ0n) is 13.3. The Morgan fingerprint density at radius 1 is 1.36 bits per heavy atom. The zero-order chi connectivity index (χ0) is 16.5. The molecular formula is C16H24BrNO4. The Morgan fingerprint density at radius 2 is 2.09 bits per heavy atom. The Morgan fingerprint density at radius 3 is 2.64 bits per heavy atom. The van der Waals surface area contributed by atoms with Gasteiger partial charge in [-0.05, 0) is 46.5 Å². The lowest BCUT2D eigenvalue weighted by Gasteiger charge is -2.16. The molecular weight excluding hydrogens is 350 g/mol. The topological polar surface area (TPSA) is 67.8 Å². The summed E-state index contributed by atoms with van der Waals surface area (Å²) in [5, 5.41) is 12.2. The van der Waals surface area contributed by atoms with Crippen LogP contribution in [0.3, 0.4) is 0 Å². The summed E-state index contributed by atoms with van der Waals surface area (Å²) in [6.07, 6.45) is 2.34. The van der Waals surface area contributed by atoms with E-state index in [1.165, 1.54) is 0 Å². The fraction of sp³-hybridized carbons (Fsp3) is 0.562. The molecule has 0 saturated carbocycles. The highest BCUT2D eigenvalue weighted by Crippen LogP contribution is 2.36. The first kappa shape index (κ1) is 18.8. The lowest BCUT2D eigenvalue weighted by molar-refractivity contribution is -0.139. The normalized spacial score (nSPS) is 12.0. The minimum atomic E-state index is -0.823. The number of hydrogen-bond donors (Lipinski definition) is 2. The molecule has 22 heavy (non-hydrogen) atoms. The largest absolute Gasteiger partial charge is 0.493 e. The van der Waals surface area contributed by atoms with E-state index < -0.39 is 12.0 Å². The Labute approximate surface area is 140 Å². The van der Waals surface area contributed by atoms with Gasteiger partial charge in [0.25, 0.3) is 0 Å². The van der Waals surface area contributed by atoms with Crippen LogP contribution >= 0.6 is 15.9 Å². The van der Waals surface area contributed by atoms with Crippen molar-refractivity contribution in [2.45, 2.75) is 45.7 Å². The van der Waals surface area contributed by atoms with Gasteiger partial charge >= 0.3 is 5.97 Å². The van der Waals surface area contributed by atoms with Gasteiger partial charge in [-0.25, -0.2) is 0 Å². The van der Waals surface area contributed by atoms with Gasteiger partial charge in [0.15, 0.2) is 11.5 Å². The molecule has 0 aromatic heterocycles. The summed E-state index contributed by atoms with van der Waals surface area (Å²) in [4.78, 5) is 11.2. The van der Waals surface area contributed by atoms with Crippen LogP contribution in [0.1, 0.15) is 38.7 Å². The Kier molecular flexibility index (Phi) is 8.27. The Balaban J connectivity index is 2.83. The maximum absolute atomic E-state index is 11.2. The average molecular weight is 374 g/mol. The van der Waals surface area contributed by atoms with Crippen molar-refractivity contribution >= 4 is 21.9 Å². The summed E-state index contributed by atoms with van der Waals surface area (Å²) < 4.78 is 11.9. The number of carbonyl (C=O) groups is 1. The Bertz CT molecular complexity index is 493. The highest BCUT2D eigenvalue weighted by molar-refractivity contribution is 9.10. The number of ether oxygens (including phenoxy) is 2. The second-order valence-corrected chi connectivity index (χ2v) is 5.87. The van der Waals surface area contributed by atoms with Crippen LogP contribution in [-0.2, 0) is 11.3 Å². The van der Waals surface area contributed by atoms with Crippen LogP contribution < -0.4 is 14.8 Å². The van der Waals surface area contributed by atoms with Crippen molar-refractivity contribution in [1.29, 1.82) is 0 Å². The van der Waals surface area contributed by atoms with Gasteiger partial charge in [0.05, 0.1) is 18.2 Å². The molecule has 0 bridgehead atoms. The summed E-state index contributed by atoms with van der Waals surface area (Å²) in [7, 11) is 1.59.